The van der Waals surface area contributed by atoms with Crippen molar-refractivity contribution < 1.29 is 9.59 Å². The van der Waals surface area contributed by atoms with E-state index < -0.39 is 0 Å². The van der Waals surface area contributed by atoms with E-state index in [-0.39, 0.29) is 24.5 Å². The van der Waals surface area contributed by atoms with Crippen molar-refractivity contribution in [3.05, 3.63) is 64.2 Å². The van der Waals surface area contributed by atoms with E-state index in [1.165, 1.54) is 11.1 Å². The summed E-state index contributed by atoms with van der Waals surface area (Å²) in [5, 5.41) is 0.600. The predicted molar refractivity (Wildman–Crippen MR) is 96.9 cm³/mol. The molecule has 1 aliphatic heterocycles. The summed E-state index contributed by atoms with van der Waals surface area (Å²) in [6, 6.07) is 13.0. The van der Waals surface area contributed by atoms with Gasteiger partial charge in [-0.2, -0.15) is 0 Å². The van der Waals surface area contributed by atoms with Gasteiger partial charge in [0.25, 0.3) is 0 Å². The molecule has 1 amide bonds. The van der Waals surface area contributed by atoms with Gasteiger partial charge in [-0.25, -0.2) is 0 Å². The zero-order chi connectivity index (χ0) is 17.1. The van der Waals surface area contributed by atoms with Crippen LogP contribution in [0.15, 0.2) is 42.5 Å². The minimum atomic E-state index is -0.0267. The summed E-state index contributed by atoms with van der Waals surface area (Å²) in [5.41, 5.74) is 4.03. The highest BCUT2D eigenvalue weighted by Gasteiger charge is 2.23. The second-order valence-electron chi connectivity index (χ2n) is 6.21. The number of Topliss-reactive ketones (excluding diaryl/α,β-unsaturated/α-hetero) is 1. The summed E-state index contributed by atoms with van der Waals surface area (Å²) >= 11 is 5.83. The lowest BCUT2D eigenvalue weighted by atomic mass is 9.98. The minimum Gasteiger partial charge on any atom is -0.312 e. The van der Waals surface area contributed by atoms with E-state index in [4.69, 9.17) is 11.6 Å². The van der Waals surface area contributed by atoms with Crippen molar-refractivity contribution in [1.82, 2.24) is 0 Å². The van der Waals surface area contributed by atoms with E-state index in [2.05, 4.69) is 13.0 Å². The fourth-order valence-electron chi connectivity index (χ4n) is 3.12. The summed E-state index contributed by atoms with van der Waals surface area (Å²) in [6.45, 7) is 2.79. The van der Waals surface area contributed by atoms with Gasteiger partial charge < -0.3 is 4.90 Å². The maximum absolute atomic E-state index is 12.6. The summed E-state index contributed by atoms with van der Waals surface area (Å²) in [4.78, 5) is 26.6. The molecule has 0 bridgehead atoms. The molecule has 2 aromatic rings. The van der Waals surface area contributed by atoms with Crippen molar-refractivity contribution in [2.24, 2.45) is 0 Å². The van der Waals surface area contributed by atoms with E-state index in [0.29, 0.717) is 10.6 Å². The van der Waals surface area contributed by atoms with Gasteiger partial charge in [-0.3, -0.25) is 9.59 Å². The fourth-order valence-corrected chi connectivity index (χ4v) is 3.25. The van der Waals surface area contributed by atoms with E-state index in [1.54, 1.807) is 24.3 Å². The van der Waals surface area contributed by atoms with E-state index in [0.717, 1.165) is 25.1 Å². The molecule has 0 fully saturated rings. The maximum atomic E-state index is 12.6. The molecule has 0 aliphatic carbocycles. The Morgan fingerprint density at radius 1 is 1.08 bits per heavy atom. The second-order valence-corrected chi connectivity index (χ2v) is 6.65. The Morgan fingerprint density at radius 2 is 1.83 bits per heavy atom. The van der Waals surface area contributed by atoms with Crippen LogP contribution in [-0.4, -0.2) is 18.2 Å². The van der Waals surface area contributed by atoms with Gasteiger partial charge in [-0.05, 0) is 55.7 Å². The third kappa shape index (κ3) is 3.68. The lowest BCUT2D eigenvalue weighted by Crippen LogP contribution is -2.35. The Kier molecular flexibility index (Phi) is 5.00. The van der Waals surface area contributed by atoms with Gasteiger partial charge >= 0.3 is 0 Å². The van der Waals surface area contributed by atoms with Crippen LogP contribution in [0.3, 0.4) is 0 Å². The number of carbonyl (C=O) groups is 2. The number of ketones is 1. The third-order valence-corrected chi connectivity index (χ3v) is 4.64. The molecule has 3 nitrogen and oxygen atoms in total. The maximum Gasteiger partial charge on any atom is 0.227 e. The van der Waals surface area contributed by atoms with Crippen LogP contribution in [0.1, 0.15) is 40.7 Å². The van der Waals surface area contributed by atoms with Gasteiger partial charge in [0.2, 0.25) is 5.91 Å². The number of amides is 1. The van der Waals surface area contributed by atoms with Crippen molar-refractivity contribution >= 4 is 29.0 Å². The van der Waals surface area contributed by atoms with Crippen molar-refractivity contribution in [2.45, 2.75) is 32.6 Å². The number of carbonyl (C=O) groups excluding carboxylic acids is 2. The quantitative estimate of drug-likeness (QED) is 0.763. The van der Waals surface area contributed by atoms with E-state index in [1.807, 2.05) is 17.0 Å². The molecule has 0 radical (unpaired) electrons. The monoisotopic (exact) mass is 341 g/mol. The smallest absolute Gasteiger partial charge is 0.227 e. The molecule has 4 heteroatoms. The molecule has 0 spiro atoms. The topological polar surface area (TPSA) is 37.4 Å². The van der Waals surface area contributed by atoms with Gasteiger partial charge in [-0.15, -0.1) is 0 Å². The van der Waals surface area contributed by atoms with Crippen LogP contribution in [-0.2, 0) is 11.2 Å². The van der Waals surface area contributed by atoms with Gasteiger partial charge in [0.15, 0.2) is 5.78 Å². The molecular formula is C20H20ClNO2. The zero-order valence-electron chi connectivity index (χ0n) is 13.7. The normalized spacial score (nSPS) is 13.5. The molecule has 0 atom stereocenters. The Labute approximate surface area is 147 Å². The molecule has 0 unspecified atom stereocenters. The van der Waals surface area contributed by atoms with Crippen molar-refractivity contribution in [3.8, 4) is 0 Å². The first-order valence-corrected chi connectivity index (χ1v) is 8.61. The van der Waals surface area contributed by atoms with Gasteiger partial charge in [0.05, 0.1) is 0 Å². The Bertz CT molecular complexity index is 768. The number of aryl methyl sites for hydroxylation is 2. The highest BCUT2D eigenvalue weighted by Crippen LogP contribution is 2.28. The predicted octanol–water partition coefficient (Wildman–Crippen LogP) is 4.59. The number of rotatable bonds is 4. The number of halogens is 1. The Balaban J connectivity index is 1.66. The van der Waals surface area contributed by atoms with Crippen LogP contribution in [0.4, 0.5) is 5.69 Å². The molecule has 1 heterocycles. The number of fused-ring (bicyclic) bond motifs is 1. The average Bonchev–Trinajstić information content (AvgIpc) is 2.59. The van der Waals surface area contributed by atoms with Crippen LogP contribution in [0, 0.1) is 6.92 Å². The summed E-state index contributed by atoms with van der Waals surface area (Å²) in [6.07, 6.45) is 2.42. The molecule has 124 valence electrons. The third-order valence-electron chi connectivity index (χ3n) is 4.39. The van der Waals surface area contributed by atoms with Crippen molar-refractivity contribution in [2.75, 3.05) is 11.4 Å². The lowest BCUT2D eigenvalue weighted by molar-refractivity contribution is -0.118. The van der Waals surface area contributed by atoms with Crippen LogP contribution < -0.4 is 4.90 Å². The summed E-state index contributed by atoms with van der Waals surface area (Å²) in [5.74, 6) is -0.0109. The number of hydrogen-bond donors (Lipinski definition) is 0. The highest BCUT2D eigenvalue weighted by atomic mass is 35.5. The average molecular weight is 342 g/mol. The zero-order valence-corrected chi connectivity index (χ0v) is 14.5. The fraction of sp³-hybridized carbons (Fsp3) is 0.300. The lowest BCUT2D eigenvalue weighted by Gasteiger charge is -2.29. The van der Waals surface area contributed by atoms with Crippen LogP contribution >= 0.6 is 11.6 Å². The minimum absolute atomic E-state index is 0.0158. The molecule has 0 aromatic heterocycles. The molecule has 1 aliphatic rings. The number of anilines is 1. The SMILES string of the molecule is Cc1ccc2c(c1)CCCN2C(=O)CCC(=O)c1ccc(Cl)cc1. The van der Waals surface area contributed by atoms with Gasteiger partial charge in [-0.1, -0.05) is 29.3 Å². The molecule has 0 saturated carbocycles. The van der Waals surface area contributed by atoms with Crippen molar-refractivity contribution in [1.29, 1.82) is 0 Å². The largest absolute Gasteiger partial charge is 0.312 e. The Morgan fingerprint density at radius 3 is 2.58 bits per heavy atom. The van der Waals surface area contributed by atoms with Gasteiger partial charge in [0.1, 0.15) is 0 Å². The summed E-state index contributed by atoms with van der Waals surface area (Å²) < 4.78 is 0. The Hall–Kier alpha value is -2.13. The first-order valence-electron chi connectivity index (χ1n) is 8.23. The summed E-state index contributed by atoms with van der Waals surface area (Å²) in [7, 11) is 0. The van der Waals surface area contributed by atoms with Gasteiger partial charge in [0, 0.05) is 35.7 Å². The van der Waals surface area contributed by atoms with Crippen LogP contribution in [0.2, 0.25) is 5.02 Å². The van der Waals surface area contributed by atoms with Crippen LogP contribution in [0.5, 0.6) is 0 Å². The molecule has 2 aromatic carbocycles. The first kappa shape index (κ1) is 16.7. The standard InChI is InChI=1S/C20H20ClNO2/c1-14-4-9-18-16(13-14)3-2-12-22(18)20(24)11-10-19(23)15-5-7-17(21)8-6-15/h4-9,13H,2-3,10-12H2,1H3. The number of benzene rings is 2. The molecule has 24 heavy (non-hydrogen) atoms. The van der Waals surface area contributed by atoms with Crippen LogP contribution in [0.25, 0.3) is 0 Å². The molecule has 3 rings (SSSR count). The van der Waals surface area contributed by atoms with Crippen molar-refractivity contribution in [3.63, 3.8) is 0 Å². The molecule has 0 saturated heterocycles. The number of nitrogens with zero attached hydrogens (tertiary/aromatic N) is 1. The first-order chi connectivity index (χ1) is 11.5. The van der Waals surface area contributed by atoms with E-state index >= 15 is 0 Å². The number of hydrogen-bond acceptors (Lipinski definition) is 2. The molecule has 0 N–H and O–H groups in total. The molecular weight excluding hydrogens is 322 g/mol. The second kappa shape index (κ2) is 7.18. The highest BCUT2D eigenvalue weighted by molar-refractivity contribution is 6.30. The van der Waals surface area contributed by atoms with E-state index in [9.17, 15) is 9.59 Å².